The Morgan fingerprint density at radius 2 is 1.84 bits per heavy atom. The van der Waals surface area contributed by atoms with E-state index in [-0.39, 0.29) is 5.91 Å². The quantitative estimate of drug-likeness (QED) is 0.846. The summed E-state index contributed by atoms with van der Waals surface area (Å²) in [6.45, 7) is 1.98. The highest BCUT2D eigenvalue weighted by Gasteiger charge is 2.24. The van der Waals surface area contributed by atoms with E-state index in [2.05, 4.69) is 10.3 Å². The maximum atomic E-state index is 12.2. The normalized spacial score (nSPS) is 17.0. The summed E-state index contributed by atoms with van der Waals surface area (Å²) in [5, 5.41) is 3.33. The topological polar surface area (TPSA) is 59.9 Å². The number of rotatable bonds is 4. The molecule has 1 fully saturated rings. The zero-order chi connectivity index (χ0) is 17.8. The molecule has 0 saturated carbocycles. The fraction of sp³-hybridized carbons (Fsp3) is 0.158. The van der Waals surface area contributed by atoms with Crippen molar-refractivity contribution in [1.29, 1.82) is 0 Å². The van der Waals surface area contributed by atoms with Gasteiger partial charge in [-0.25, -0.2) is 4.99 Å². The van der Waals surface area contributed by atoms with Crippen LogP contribution in [0, 0.1) is 6.92 Å². The molecule has 1 aliphatic heterocycles. The summed E-state index contributed by atoms with van der Waals surface area (Å²) in [6.07, 6.45) is 1.83. The van der Waals surface area contributed by atoms with Gasteiger partial charge in [0, 0.05) is 0 Å². The lowest BCUT2D eigenvalue weighted by atomic mass is 10.2. The van der Waals surface area contributed by atoms with Crippen molar-refractivity contribution in [2.75, 3.05) is 14.2 Å². The van der Waals surface area contributed by atoms with E-state index in [4.69, 9.17) is 9.47 Å². The Balaban J connectivity index is 1.84. The second kappa shape index (κ2) is 7.44. The molecule has 0 aromatic heterocycles. The van der Waals surface area contributed by atoms with E-state index in [1.807, 2.05) is 55.5 Å². The number of aryl methyl sites for hydroxylation is 1. The van der Waals surface area contributed by atoms with E-state index < -0.39 is 0 Å². The zero-order valence-electron chi connectivity index (χ0n) is 14.2. The molecule has 1 aliphatic rings. The van der Waals surface area contributed by atoms with Crippen molar-refractivity contribution in [3.05, 3.63) is 58.5 Å². The molecule has 5 nitrogen and oxygen atoms in total. The lowest BCUT2D eigenvalue weighted by Crippen LogP contribution is -2.19. The molecule has 128 valence electrons. The molecule has 0 radical (unpaired) electrons. The third-order valence-electron chi connectivity index (χ3n) is 3.62. The van der Waals surface area contributed by atoms with E-state index >= 15 is 0 Å². The van der Waals surface area contributed by atoms with Gasteiger partial charge in [0.15, 0.2) is 5.17 Å². The van der Waals surface area contributed by atoms with Gasteiger partial charge in [0.1, 0.15) is 17.2 Å². The molecule has 0 unspecified atom stereocenters. The van der Waals surface area contributed by atoms with Crippen LogP contribution in [0.5, 0.6) is 11.5 Å². The third kappa shape index (κ3) is 4.03. The van der Waals surface area contributed by atoms with E-state index in [1.54, 1.807) is 14.2 Å². The van der Waals surface area contributed by atoms with E-state index in [0.29, 0.717) is 21.5 Å². The number of carbonyl (C=O) groups is 1. The maximum Gasteiger partial charge on any atom is 0.264 e. The summed E-state index contributed by atoms with van der Waals surface area (Å²) in [4.78, 5) is 17.3. The van der Waals surface area contributed by atoms with E-state index in [0.717, 1.165) is 16.9 Å². The zero-order valence-corrected chi connectivity index (χ0v) is 15.0. The lowest BCUT2D eigenvalue weighted by Gasteiger charge is -2.05. The summed E-state index contributed by atoms with van der Waals surface area (Å²) >= 11 is 1.31. The largest absolute Gasteiger partial charge is 0.497 e. The number of thioether (sulfide) groups is 1. The van der Waals surface area contributed by atoms with Crippen molar-refractivity contribution >= 4 is 34.6 Å². The summed E-state index contributed by atoms with van der Waals surface area (Å²) in [6, 6.07) is 13.3. The van der Waals surface area contributed by atoms with Crippen molar-refractivity contribution in [3.63, 3.8) is 0 Å². The number of hydrogen-bond acceptors (Lipinski definition) is 5. The fourth-order valence-corrected chi connectivity index (χ4v) is 3.16. The first-order valence-corrected chi connectivity index (χ1v) is 8.49. The van der Waals surface area contributed by atoms with Gasteiger partial charge in [-0.2, -0.15) is 0 Å². The highest BCUT2D eigenvalue weighted by Crippen LogP contribution is 2.32. The van der Waals surface area contributed by atoms with Gasteiger partial charge < -0.3 is 14.8 Å². The molecular formula is C19H18N2O3S. The van der Waals surface area contributed by atoms with Crippen LogP contribution in [0.4, 0.5) is 5.69 Å². The average molecular weight is 354 g/mol. The summed E-state index contributed by atoms with van der Waals surface area (Å²) in [5.41, 5.74) is 2.69. The van der Waals surface area contributed by atoms with Gasteiger partial charge in [0.2, 0.25) is 0 Å². The van der Waals surface area contributed by atoms with Crippen molar-refractivity contribution in [3.8, 4) is 11.5 Å². The van der Waals surface area contributed by atoms with Crippen molar-refractivity contribution in [1.82, 2.24) is 5.32 Å². The number of nitrogens with zero attached hydrogens (tertiary/aromatic N) is 1. The van der Waals surface area contributed by atoms with Gasteiger partial charge in [-0.3, -0.25) is 4.79 Å². The highest BCUT2D eigenvalue weighted by molar-refractivity contribution is 8.18. The average Bonchev–Trinajstić information content (AvgIpc) is 2.95. The Kier molecular flexibility index (Phi) is 5.09. The summed E-state index contributed by atoms with van der Waals surface area (Å²) in [5.74, 6) is 1.28. The molecule has 0 bridgehead atoms. The molecule has 0 spiro atoms. The van der Waals surface area contributed by atoms with Gasteiger partial charge in [0.05, 0.1) is 19.1 Å². The van der Waals surface area contributed by atoms with Gasteiger partial charge >= 0.3 is 0 Å². The second-order valence-corrected chi connectivity index (χ2v) is 6.46. The van der Waals surface area contributed by atoms with Crippen LogP contribution in [-0.2, 0) is 4.79 Å². The molecule has 3 rings (SSSR count). The predicted molar refractivity (Wildman–Crippen MR) is 102 cm³/mol. The Labute approximate surface area is 150 Å². The molecule has 2 aromatic carbocycles. The lowest BCUT2D eigenvalue weighted by molar-refractivity contribution is -0.115. The van der Waals surface area contributed by atoms with Crippen LogP contribution in [0.15, 0.2) is 52.4 Å². The van der Waals surface area contributed by atoms with Gasteiger partial charge in [-0.1, -0.05) is 18.2 Å². The molecule has 0 atom stereocenters. The minimum atomic E-state index is -0.161. The highest BCUT2D eigenvalue weighted by atomic mass is 32.2. The monoisotopic (exact) mass is 354 g/mol. The van der Waals surface area contributed by atoms with Crippen LogP contribution >= 0.6 is 11.8 Å². The predicted octanol–water partition coefficient (Wildman–Crippen LogP) is 3.90. The molecule has 1 heterocycles. The smallest absolute Gasteiger partial charge is 0.264 e. The number of methoxy groups -OCH3 is 2. The number of amides is 1. The first-order valence-electron chi connectivity index (χ1n) is 7.67. The standard InChI is InChI=1S/C19H18N2O3S/c1-12-4-9-16(24-3)15(10-12)20-19-21-18(22)17(25-19)11-13-5-7-14(23-2)8-6-13/h4-11H,1-3H3,(H,20,21,22)/b17-11-. The van der Waals surface area contributed by atoms with Crippen LogP contribution < -0.4 is 14.8 Å². The number of ether oxygens (including phenoxy) is 2. The Bertz CT molecular complexity index is 857. The Morgan fingerprint density at radius 3 is 2.52 bits per heavy atom. The first-order chi connectivity index (χ1) is 12.1. The van der Waals surface area contributed by atoms with E-state index in [1.165, 1.54) is 11.8 Å². The number of carbonyl (C=O) groups excluding carboxylic acids is 1. The van der Waals surface area contributed by atoms with Crippen LogP contribution in [-0.4, -0.2) is 25.3 Å². The SMILES string of the molecule is COc1ccc(/C=C2\SC(=Nc3cc(C)ccc3OC)NC2=O)cc1. The first kappa shape index (κ1) is 17.1. The molecule has 2 aromatic rings. The minimum absolute atomic E-state index is 0.161. The number of benzene rings is 2. The molecule has 25 heavy (non-hydrogen) atoms. The van der Waals surface area contributed by atoms with Crippen LogP contribution in [0.2, 0.25) is 0 Å². The third-order valence-corrected chi connectivity index (χ3v) is 4.53. The summed E-state index contributed by atoms with van der Waals surface area (Å²) in [7, 11) is 3.22. The van der Waals surface area contributed by atoms with Crippen molar-refractivity contribution in [2.24, 2.45) is 4.99 Å². The summed E-state index contributed by atoms with van der Waals surface area (Å²) < 4.78 is 10.5. The van der Waals surface area contributed by atoms with Gasteiger partial charge in [-0.15, -0.1) is 0 Å². The van der Waals surface area contributed by atoms with Gasteiger partial charge in [0.25, 0.3) is 5.91 Å². The van der Waals surface area contributed by atoms with Crippen molar-refractivity contribution in [2.45, 2.75) is 6.92 Å². The molecule has 6 heteroatoms. The van der Waals surface area contributed by atoms with Crippen LogP contribution in [0.3, 0.4) is 0 Å². The molecular weight excluding hydrogens is 336 g/mol. The number of nitrogens with one attached hydrogen (secondary N) is 1. The van der Waals surface area contributed by atoms with Crippen molar-refractivity contribution < 1.29 is 14.3 Å². The number of aliphatic imine (C=N–C) groups is 1. The van der Waals surface area contributed by atoms with Crippen LogP contribution in [0.1, 0.15) is 11.1 Å². The Hall–Kier alpha value is -2.73. The minimum Gasteiger partial charge on any atom is -0.497 e. The van der Waals surface area contributed by atoms with E-state index in [9.17, 15) is 4.79 Å². The van der Waals surface area contributed by atoms with Gasteiger partial charge in [-0.05, 0) is 60.2 Å². The fourth-order valence-electron chi connectivity index (χ4n) is 2.33. The molecule has 0 aliphatic carbocycles. The Morgan fingerprint density at radius 1 is 1.08 bits per heavy atom. The molecule has 1 N–H and O–H groups in total. The number of hydrogen-bond donors (Lipinski definition) is 1. The molecule has 1 saturated heterocycles. The number of amidine groups is 1. The molecule has 1 amide bonds. The maximum absolute atomic E-state index is 12.2. The van der Waals surface area contributed by atoms with Crippen LogP contribution in [0.25, 0.3) is 6.08 Å². The second-order valence-electron chi connectivity index (χ2n) is 5.43.